The maximum Gasteiger partial charge on any atom is 0.424 e. The van der Waals surface area contributed by atoms with Gasteiger partial charge in [0.1, 0.15) is 24.0 Å². The number of ether oxygens (including phenoxy) is 4. The molecule has 1 aromatic heterocycles. The molecule has 18 heteroatoms. The number of hydrogen-bond donors (Lipinski definition) is 4. The van der Waals surface area contributed by atoms with Crippen LogP contribution in [0.3, 0.4) is 0 Å². The zero-order chi connectivity index (χ0) is 44.2. The number of benzene rings is 3. The highest BCUT2D eigenvalue weighted by Gasteiger charge is 2.30. The molecule has 3 aromatic carbocycles. The van der Waals surface area contributed by atoms with Crippen molar-refractivity contribution in [3.63, 3.8) is 0 Å². The van der Waals surface area contributed by atoms with E-state index in [1.165, 1.54) is 5.01 Å². The number of rotatable bonds is 21. The van der Waals surface area contributed by atoms with Gasteiger partial charge in [-0.25, -0.2) is 19.6 Å². The molecule has 5 rings (SSSR count). The monoisotopic (exact) mass is 864 g/mol. The van der Waals surface area contributed by atoms with E-state index in [4.69, 9.17) is 18.9 Å². The van der Waals surface area contributed by atoms with Crippen LogP contribution in [0.2, 0.25) is 0 Å². The summed E-state index contributed by atoms with van der Waals surface area (Å²) in [6.45, 7) is 6.81. The van der Waals surface area contributed by atoms with Gasteiger partial charge in [0.25, 0.3) is 10.1 Å². The van der Waals surface area contributed by atoms with E-state index >= 15 is 0 Å². The van der Waals surface area contributed by atoms with Crippen molar-refractivity contribution < 1.29 is 51.1 Å². The number of aromatic nitrogens is 1. The van der Waals surface area contributed by atoms with Crippen LogP contribution in [0.5, 0.6) is 0 Å². The molecule has 330 valence electrons. The molecule has 17 nitrogen and oxygen atoms in total. The first-order valence-corrected chi connectivity index (χ1v) is 21.6. The maximum absolute atomic E-state index is 13.4. The molecule has 1 aliphatic rings. The summed E-state index contributed by atoms with van der Waals surface area (Å²) in [5.41, 5.74) is 5.49. The number of fused-ring (bicyclic) bond motifs is 4. The van der Waals surface area contributed by atoms with Crippen LogP contribution in [-0.4, -0.2) is 129 Å². The highest BCUT2D eigenvalue weighted by Crippen LogP contribution is 2.44. The summed E-state index contributed by atoms with van der Waals surface area (Å²) in [5.74, 6) is -2.55. The van der Waals surface area contributed by atoms with Crippen LogP contribution in [0.25, 0.3) is 22.0 Å². The van der Waals surface area contributed by atoms with Crippen molar-refractivity contribution in [2.75, 3.05) is 66.0 Å². The molecule has 61 heavy (non-hydrogen) atoms. The third-order valence-corrected chi connectivity index (χ3v) is 10.6. The zero-order valence-corrected chi connectivity index (χ0v) is 36.0. The number of aryl methyl sites for hydroxylation is 1. The van der Waals surface area contributed by atoms with Crippen LogP contribution in [0, 0.1) is 0 Å². The van der Waals surface area contributed by atoms with Gasteiger partial charge in [-0.2, -0.15) is 8.42 Å². The topological polar surface area (TPSA) is 207 Å². The number of amides is 4. The predicted octanol–water partition coefficient (Wildman–Crippen LogP) is 4.31. The van der Waals surface area contributed by atoms with Crippen molar-refractivity contribution in [3.8, 4) is 11.1 Å². The summed E-state index contributed by atoms with van der Waals surface area (Å²) < 4.78 is 56.9. The van der Waals surface area contributed by atoms with Gasteiger partial charge in [-0.05, 0) is 60.5 Å². The Morgan fingerprint density at radius 1 is 0.836 bits per heavy atom. The number of nitrogens with one attached hydrogen (secondary N) is 3. The molecule has 0 radical (unpaired) electrons. The van der Waals surface area contributed by atoms with Crippen molar-refractivity contribution in [1.29, 1.82) is 0 Å². The molecule has 0 unspecified atom stereocenters. The Morgan fingerprint density at radius 3 is 2.05 bits per heavy atom. The van der Waals surface area contributed by atoms with E-state index < -0.39 is 51.5 Å². The first-order valence-electron chi connectivity index (χ1n) is 20.0. The van der Waals surface area contributed by atoms with E-state index in [1.807, 2.05) is 59.2 Å². The standard InChI is InChI=1S/C43H56N6O11S/c1-43(2,3)60-41(52)45-20-23-58-25-24-57-22-19-44-40(51)37(29-61(54,55)56)46-39(50)18-21-49-31(26-30-12-6-11-17-38(30)49)27-47(4)48(5)42(53)59-28-36-34-15-9-7-13-32(34)33-14-8-10-16-35(33)36/h6-17,26,36-37H,18-25,27-29H2,1-5H3,(H,44,51)(H,45,52)(H,46,50)(H,54,55,56)/t37-/m0/s1. The van der Waals surface area contributed by atoms with Gasteiger partial charge in [-0.3, -0.25) is 14.1 Å². The number of hydrogen-bond acceptors (Lipinski definition) is 11. The van der Waals surface area contributed by atoms with Gasteiger partial charge >= 0.3 is 12.2 Å². The van der Waals surface area contributed by atoms with Gasteiger partial charge in [0, 0.05) is 57.3 Å². The lowest BCUT2D eigenvalue weighted by Crippen LogP contribution is -2.51. The molecule has 0 bridgehead atoms. The van der Waals surface area contributed by atoms with E-state index in [-0.39, 0.29) is 71.6 Å². The molecule has 4 aromatic rings. The Bertz CT molecular complexity index is 2210. The molecule has 1 aliphatic carbocycles. The molecule has 1 heterocycles. The highest BCUT2D eigenvalue weighted by atomic mass is 32.2. The lowest BCUT2D eigenvalue weighted by atomic mass is 9.98. The molecule has 0 saturated heterocycles. The summed E-state index contributed by atoms with van der Waals surface area (Å²) in [7, 11) is -1.27. The van der Waals surface area contributed by atoms with E-state index in [1.54, 1.807) is 39.9 Å². The van der Waals surface area contributed by atoms with E-state index in [9.17, 15) is 32.1 Å². The summed E-state index contributed by atoms with van der Waals surface area (Å²) in [6.07, 6.45) is -1.21. The number of hydrazine groups is 1. The van der Waals surface area contributed by atoms with Gasteiger partial charge < -0.3 is 39.5 Å². The first-order chi connectivity index (χ1) is 29.0. The summed E-state index contributed by atoms with van der Waals surface area (Å²) in [6, 6.07) is 24.2. The fourth-order valence-corrected chi connectivity index (χ4v) is 7.59. The second-order valence-electron chi connectivity index (χ2n) is 15.6. The number of nitrogens with zero attached hydrogens (tertiary/aromatic N) is 3. The van der Waals surface area contributed by atoms with E-state index in [0.29, 0.717) is 0 Å². The van der Waals surface area contributed by atoms with Crippen molar-refractivity contribution in [3.05, 3.63) is 95.7 Å². The normalized spacial score (nSPS) is 13.0. The predicted molar refractivity (Wildman–Crippen MR) is 228 cm³/mol. The zero-order valence-electron chi connectivity index (χ0n) is 35.2. The molecule has 0 spiro atoms. The van der Waals surface area contributed by atoms with Crippen molar-refractivity contribution >= 4 is 45.0 Å². The second-order valence-corrected chi connectivity index (χ2v) is 17.0. The smallest absolute Gasteiger partial charge is 0.424 e. The molecule has 0 aliphatic heterocycles. The molecule has 0 saturated carbocycles. The first kappa shape index (κ1) is 46.5. The van der Waals surface area contributed by atoms with Crippen LogP contribution < -0.4 is 16.0 Å². The Kier molecular flexibility index (Phi) is 16.3. The number of alkyl carbamates (subject to hydrolysis) is 1. The fourth-order valence-electron chi connectivity index (χ4n) is 6.93. The van der Waals surface area contributed by atoms with Gasteiger partial charge in [0.05, 0.1) is 33.0 Å². The van der Waals surface area contributed by atoms with Crippen molar-refractivity contribution in [2.24, 2.45) is 0 Å². The minimum absolute atomic E-state index is 0.00635. The average molecular weight is 865 g/mol. The molecule has 4 N–H and O–H groups in total. The fraction of sp³-hybridized carbons (Fsp3) is 0.442. The van der Waals surface area contributed by atoms with Crippen LogP contribution >= 0.6 is 0 Å². The molecule has 0 fully saturated rings. The average Bonchev–Trinajstić information content (AvgIpc) is 3.72. The van der Waals surface area contributed by atoms with E-state index in [2.05, 4.69) is 40.2 Å². The Morgan fingerprint density at radius 2 is 1.43 bits per heavy atom. The number of carbonyl (C=O) groups excluding carboxylic acids is 4. The highest BCUT2D eigenvalue weighted by molar-refractivity contribution is 7.85. The van der Waals surface area contributed by atoms with Gasteiger partial charge in [0.15, 0.2) is 0 Å². The SMILES string of the molecule is CN(Cc1cc2ccccc2n1CCC(=O)N[C@@H](CS(=O)(=O)O)C(=O)NCCOCCOCCNC(=O)OC(C)(C)C)N(C)C(=O)OCC1c2ccccc2-c2ccccc21. The number of carbonyl (C=O) groups is 4. The quantitative estimate of drug-likeness (QED) is 0.0526. The third kappa shape index (κ3) is 13.7. The summed E-state index contributed by atoms with van der Waals surface area (Å²) in [5, 5.41) is 11.5. The lowest BCUT2D eigenvalue weighted by Gasteiger charge is -2.28. The Labute approximate surface area is 356 Å². The van der Waals surface area contributed by atoms with Crippen molar-refractivity contribution in [1.82, 2.24) is 30.5 Å². The van der Waals surface area contributed by atoms with Crippen LogP contribution in [-0.2, 0) is 51.7 Å². The largest absolute Gasteiger partial charge is 0.447 e. The lowest BCUT2D eigenvalue weighted by molar-refractivity contribution is -0.128. The van der Waals surface area contributed by atoms with Gasteiger partial charge in [0.2, 0.25) is 11.8 Å². The molecular formula is C43H56N6O11S. The van der Waals surface area contributed by atoms with Crippen molar-refractivity contribution in [2.45, 2.75) is 57.8 Å². The minimum Gasteiger partial charge on any atom is -0.447 e. The third-order valence-electron chi connectivity index (χ3n) is 9.82. The van der Waals surface area contributed by atoms with Crippen LogP contribution in [0.1, 0.15) is 49.9 Å². The second kappa shape index (κ2) is 21.3. The van der Waals surface area contributed by atoms with Crippen LogP contribution in [0.4, 0.5) is 9.59 Å². The molecule has 1 atom stereocenters. The molecule has 4 amide bonds. The summed E-state index contributed by atoms with van der Waals surface area (Å²) >= 11 is 0. The Hall–Kier alpha value is -5.53. The minimum atomic E-state index is -4.65. The summed E-state index contributed by atoms with van der Waals surface area (Å²) in [4.78, 5) is 51.2. The Balaban J connectivity index is 1.09. The van der Waals surface area contributed by atoms with E-state index in [0.717, 1.165) is 38.9 Å². The van der Waals surface area contributed by atoms with Crippen LogP contribution in [0.15, 0.2) is 78.9 Å². The van der Waals surface area contributed by atoms with Gasteiger partial charge in [-0.1, -0.05) is 66.7 Å². The maximum atomic E-state index is 13.4. The van der Waals surface area contributed by atoms with Gasteiger partial charge in [-0.15, -0.1) is 0 Å². The number of para-hydroxylation sites is 1. The molecular weight excluding hydrogens is 809 g/mol.